The number of nitrogens with one attached hydrogen (secondary N) is 1. The van der Waals surface area contributed by atoms with Crippen molar-refractivity contribution in [2.75, 3.05) is 11.9 Å². The summed E-state index contributed by atoms with van der Waals surface area (Å²) in [5.74, 6) is -0.423. The summed E-state index contributed by atoms with van der Waals surface area (Å²) in [7, 11) is 0. The van der Waals surface area contributed by atoms with Gasteiger partial charge in [0.15, 0.2) is 0 Å². The van der Waals surface area contributed by atoms with E-state index in [1.807, 2.05) is 6.92 Å². The van der Waals surface area contributed by atoms with E-state index in [1.54, 1.807) is 29.2 Å². The van der Waals surface area contributed by atoms with E-state index in [1.165, 1.54) is 6.07 Å². The first-order valence-corrected chi connectivity index (χ1v) is 6.32. The van der Waals surface area contributed by atoms with Gasteiger partial charge in [-0.05, 0) is 24.6 Å². The van der Waals surface area contributed by atoms with Gasteiger partial charge in [-0.3, -0.25) is 4.68 Å². The highest BCUT2D eigenvalue weighted by Gasteiger charge is 2.09. The molecule has 0 saturated heterocycles. The monoisotopic (exact) mass is 283 g/mol. The Morgan fingerprint density at radius 1 is 1.53 bits per heavy atom. The van der Waals surface area contributed by atoms with Gasteiger partial charge in [-0.15, -0.1) is 0 Å². The van der Waals surface area contributed by atoms with Crippen molar-refractivity contribution in [3.8, 4) is 0 Å². The summed E-state index contributed by atoms with van der Waals surface area (Å²) >= 11 is 5.76. The molecule has 19 heavy (non-hydrogen) atoms. The Bertz CT molecular complexity index is 559. The van der Waals surface area contributed by atoms with Gasteiger partial charge in [0.1, 0.15) is 5.82 Å². The molecule has 102 valence electrons. The van der Waals surface area contributed by atoms with E-state index in [4.69, 9.17) is 16.7 Å². The summed E-state index contributed by atoms with van der Waals surface area (Å²) in [4.78, 5) is 0. The van der Waals surface area contributed by atoms with Gasteiger partial charge in [-0.2, -0.15) is 5.10 Å². The summed E-state index contributed by atoms with van der Waals surface area (Å²) in [5, 5.41) is 16.3. The smallest absolute Gasteiger partial charge is 0.141 e. The first-order chi connectivity index (χ1) is 9.10. The molecular weight excluding hydrogens is 269 g/mol. The molecule has 0 bridgehead atoms. The normalized spacial score (nSPS) is 12.4. The molecule has 1 atom stereocenters. The number of benzene rings is 1. The zero-order chi connectivity index (χ0) is 13.8. The molecule has 2 rings (SSSR count). The van der Waals surface area contributed by atoms with Crippen LogP contribution in [0.25, 0.3) is 0 Å². The number of hydrogen-bond acceptors (Lipinski definition) is 3. The Morgan fingerprint density at radius 2 is 2.32 bits per heavy atom. The molecular formula is C13H15ClFN3O. The van der Waals surface area contributed by atoms with Gasteiger partial charge in [0.25, 0.3) is 0 Å². The third kappa shape index (κ3) is 3.45. The summed E-state index contributed by atoms with van der Waals surface area (Å²) < 4.78 is 14.7. The van der Waals surface area contributed by atoms with Crippen LogP contribution < -0.4 is 5.32 Å². The maximum atomic E-state index is 13.1. The first-order valence-electron chi connectivity index (χ1n) is 5.95. The zero-order valence-corrected chi connectivity index (χ0v) is 11.2. The second kappa shape index (κ2) is 6.04. The van der Waals surface area contributed by atoms with E-state index < -0.39 is 5.82 Å². The number of nitrogens with zero attached hydrogens (tertiary/aromatic N) is 2. The SMILES string of the molecule is CC(Nc1cnn(CCO)c1)c1ccc(F)c(Cl)c1. The molecule has 1 aromatic heterocycles. The topological polar surface area (TPSA) is 50.1 Å². The Morgan fingerprint density at radius 3 is 3.00 bits per heavy atom. The predicted octanol–water partition coefficient (Wildman–Crippen LogP) is 2.84. The van der Waals surface area contributed by atoms with Gasteiger partial charge < -0.3 is 10.4 Å². The molecule has 0 fully saturated rings. The number of aliphatic hydroxyl groups excluding tert-OH is 1. The molecule has 0 aliphatic heterocycles. The van der Waals surface area contributed by atoms with E-state index in [-0.39, 0.29) is 17.7 Å². The van der Waals surface area contributed by atoms with Gasteiger partial charge in [0, 0.05) is 12.2 Å². The maximum absolute atomic E-state index is 13.1. The lowest BCUT2D eigenvalue weighted by Gasteiger charge is -2.14. The Hall–Kier alpha value is -1.59. The summed E-state index contributed by atoms with van der Waals surface area (Å²) in [6, 6.07) is 4.62. The molecule has 2 N–H and O–H groups in total. The van der Waals surface area contributed by atoms with Gasteiger partial charge in [0.2, 0.25) is 0 Å². The highest BCUT2D eigenvalue weighted by atomic mass is 35.5. The third-order valence-corrected chi connectivity index (χ3v) is 3.08. The van der Waals surface area contributed by atoms with Crippen LogP contribution in [0.3, 0.4) is 0 Å². The molecule has 0 aliphatic rings. The van der Waals surface area contributed by atoms with Crippen LogP contribution in [-0.2, 0) is 6.54 Å². The predicted molar refractivity (Wildman–Crippen MR) is 72.8 cm³/mol. The summed E-state index contributed by atoms with van der Waals surface area (Å²) in [6.07, 6.45) is 3.48. The second-order valence-electron chi connectivity index (χ2n) is 4.26. The van der Waals surface area contributed by atoms with Crippen LogP contribution in [-0.4, -0.2) is 21.5 Å². The Kier molecular flexibility index (Phi) is 4.39. The molecule has 4 nitrogen and oxygen atoms in total. The van der Waals surface area contributed by atoms with Crippen LogP contribution in [0.2, 0.25) is 5.02 Å². The van der Waals surface area contributed by atoms with E-state index in [0.717, 1.165) is 11.3 Å². The van der Waals surface area contributed by atoms with E-state index >= 15 is 0 Å². The van der Waals surface area contributed by atoms with Crippen LogP contribution in [0.5, 0.6) is 0 Å². The van der Waals surface area contributed by atoms with Gasteiger partial charge in [-0.1, -0.05) is 17.7 Å². The summed E-state index contributed by atoms with van der Waals surface area (Å²) in [6.45, 7) is 2.45. The number of hydrogen-bond donors (Lipinski definition) is 2. The van der Waals surface area contributed by atoms with Crippen molar-refractivity contribution in [3.63, 3.8) is 0 Å². The Labute approximate surface area is 115 Å². The second-order valence-corrected chi connectivity index (χ2v) is 4.66. The van der Waals surface area contributed by atoms with Crippen LogP contribution >= 0.6 is 11.6 Å². The van der Waals surface area contributed by atoms with E-state index in [2.05, 4.69) is 10.4 Å². The van der Waals surface area contributed by atoms with Crippen molar-refractivity contribution in [1.29, 1.82) is 0 Å². The fourth-order valence-corrected chi connectivity index (χ4v) is 1.97. The lowest BCUT2D eigenvalue weighted by atomic mass is 10.1. The molecule has 0 aliphatic carbocycles. The van der Waals surface area contributed by atoms with Crippen molar-refractivity contribution in [2.45, 2.75) is 19.5 Å². The van der Waals surface area contributed by atoms with Gasteiger partial charge in [-0.25, -0.2) is 4.39 Å². The van der Waals surface area contributed by atoms with Gasteiger partial charge >= 0.3 is 0 Å². The maximum Gasteiger partial charge on any atom is 0.141 e. The quantitative estimate of drug-likeness (QED) is 0.887. The highest BCUT2D eigenvalue weighted by Crippen LogP contribution is 2.23. The lowest BCUT2D eigenvalue weighted by molar-refractivity contribution is 0.269. The third-order valence-electron chi connectivity index (χ3n) is 2.79. The summed E-state index contributed by atoms with van der Waals surface area (Å²) in [5.41, 5.74) is 1.72. The number of rotatable bonds is 5. The number of aliphatic hydroxyl groups is 1. The van der Waals surface area contributed by atoms with Crippen molar-refractivity contribution < 1.29 is 9.50 Å². The van der Waals surface area contributed by atoms with Crippen molar-refractivity contribution in [3.05, 3.63) is 47.0 Å². The highest BCUT2D eigenvalue weighted by molar-refractivity contribution is 6.30. The number of anilines is 1. The standard InChI is InChI=1S/C13H15ClFN3O/c1-9(10-2-3-13(15)12(14)6-10)17-11-7-16-18(8-11)4-5-19/h2-3,6-9,17,19H,4-5H2,1H3. The largest absolute Gasteiger partial charge is 0.394 e. The first kappa shape index (κ1) is 13.8. The van der Waals surface area contributed by atoms with Crippen LogP contribution in [0.1, 0.15) is 18.5 Å². The molecule has 0 saturated carbocycles. The van der Waals surface area contributed by atoms with Crippen molar-refractivity contribution in [1.82, 2.24) is 9.78 Å². The average molecular weight is 284 g/mol. The molecule has 0 radical (unpaired) electrons. The molecule has 2 aromatic rings. The Balaban J connectivity index is 2.06. The van der Waals surface area contributed by atoms with Crippen LogP contribution in [0.4, 0.5) is 10.1 Å². The fraction of sp³-hybridized carbons (Fsp3) is 0.308. The van der Waals surface area contributed by atoms with Crippen LogP contribution in [0.15, 0.2) is 30.6 Å². The van der Waals surface area contributed by atoms with Crippen molar-refractivity contribution in [2.24, 2.45) is 0 Å². The lowest BCUT2D eigenvalue weighted by Crippen LogP contribution is -2.06. The molecule has 6 heteroatoms. The fourth-order valence-electron chi connectivity index (χ4n) is 1.78. The molecule has 1 aromatic carbocycles. The van der Waals surface area contributed by atoms with E-state index in [9.17, 15) is 4.39 Å². The van der Waals surface area contributed by atoms with Crippen molar-refractivity contribution >= 4 is 17.3 Å². The van der Waals surface area contributed by atoms with Crippen LogP contribution in [0, 0.1) is 5.82 Å². The molecule has 0 amide bonds. The average Bonchev–Trinajstić information content (AvgIpc) is 2.80. The minimum atomic E-state index is -0.423. The number of aromatic nitrogens is 2. The molecule has 0 spiro atoms. The minimum absolute atomic E-state index is 0.0233. The molecule has 1 heterocycles. The van der Waals surface area contributed by atoms with E-state index in [0.29, 0.717) is 6.54 Å². The molecule has 1 unspecified atom stereocenters. The minimum Gasteiger partial charge on any atom is -0.394 e. The van der Waals surface area contributed by atoms with Gasteiger partial charge in [0.05, 0.1) is 30.1 Å². The zero-order valence-electron chi connectivity index (χ0n) is 10.5. The number of halogens is 2.